The highest BCUT2D eigenvalue weighted by Crippen LogP contribution is 2.53. The van der Waals surface area contributed by atoms with Crippen molar-refractivity contribution in [3.63, 3.8) is 0 Å². The van der Waals surface area contributed by atoms with Crippen molar-refractivity contribution >= 4 is 11.7 Å². The number of ketones is 1. The predicted octanol–water partition coefficient (Wildman–Crippen LogP) is 6.40. The van der Waals surface area contributed by atoms with Gasteiger partial charge < -0.3 is 14.1 Å². The number of hydrogen-bond acceptors (Lipinski definition) is 6. The number of amides is 1. The Morgan fingerprint density at radius 2 is 1.67 bits per heavy atom. The van der Waals surface area contributed by atoms with Gasteiger partial charge in [0.15, 0.2) is 0 Å². The number of carbonyl (C=O) groups excluding carboxylic acids is 2. The Labute approximate surface area is 241 Å². The minimum Gasteiger partial charge on any atom is -0.440 e. The number of rotatable bonds is 7. The third-order valence-corrected chi connectivity index (χ3v) is 8.63. The van der Waals surface area contributed by atoms with Gasteiger partial charge in [-0.15, -0.1) is 0 Å². The fourth-order valence-electron chi connectivity index (χ4n) is 5.96. The summed E-state index contributed by atoms with van der Waals surface area (Å²) in [5.41, 5.74) is 1.20. The molecule has 7 nitrogen and oxygen atoms in total. The average molecular weight is 578 g/mol. The first-order valence-corrected chi connectivity index (χ1v) is 14.2. The zero-order chi connectivity index (χ0) is 29.5. The first kappa shape index (κ1) is 28.2. The van der Waals surface area contributed by atoms with Crippen LogP contribution < -0.4 is 0 Å². The molecule has 218 valence electrons. The monoisotopic (exact) mass is 577 g/mol. The first-order valence-electron chi connectivity index (χ1n) is 14.2. The molecule has 2 atom stereocenters. The number of oxazole rings is 1. The van der Waals surface area contributed by atoms with Gasteiger partial charge in [-0.05, 0) is 55.7 Å². The van der Waals surface area contributed by atoms with Crippen molar-refractivity contribution in [3.8, 4) is 28.8 Å². The normalized spacial score (nSPS) is 22.8. The molecule has 2 saturated carbocycles. The number of ether oxygens (including phenoxy) is 1. The Balaban J connectivity index is 1.37. The smallest absolute Gasteiger partial charge is 0.254 e. The van der Waals surface area contributed by atoms with Crippen LogP contribution in [0.25, 0.3) is 22.7 Å². The third-order valence-electron chi connectivity index (χ3n) is 8.63. The molecule has 42 heavy (non-hydrogen) atoms. The minimum atomic E-state index is -3.01. The van der Waals surface area contributed by atoms with E-state index in [2.05, 4.69) is 6.07 Å². The molecule has 1 saturated heterocycles. The summed E-state index contributed by atoms with van der Waals surface area (Å²) < 4.78 is 54.6. The molecule has 3 aromatic rings. The number of benzene rings is 2. The highest BCUT2D eigenvalue weighted by molar-refractivity contribution is 5.94. The van der Waals surface area contributed by atoms with E-state index in [9.17, 15) is 28.0 Å². The van der Waals surface area contributed by atoms with Gasteiger partial charge in [-0.3, -0.25) is 9.59 Å². The largest absolute Gasteiger partial charge is 0.440 e. The second-order valence-corrected chi connectivity index (χ2v) is 11.6. The van der Waals surface area contributed by atoms with Gasteiger partial charge in [0.2, 0.25) is 11.8 Å². The first-order chi connectivity index (χ1) is 20.2. The third kappa shape index (κ3) is 5.71. The summed E-state index contributed by atoms with van der Waals surface area (Å²) >= 11 is 0. The van der Waals surface area contributed by atoms with E-state index in [1.165, 1.54) is 24.3 Å². The van der Waals surface area contributed by atoms with Crippen LogP contribution in [0.15, 0.2) is 52.9 Å². The van der Waals surface area contributed by atoms with E-state index in [0.717, 1.165) is 0 Å². The fraction of sp³-hybridized carbons (Fsp3) is 0.438. The maximum atomic E-state index is 14.7. The van der Waals surface area contributed by atoms with Crippen LogP contribution in [0.4, 0.5) is 13.2 Å². The van der Waals surface area contributed by atoms with Crippen LogP contribution in [0, 0.1) is 28.5 Å². The molecule has 0 spiro atoms. The Hall–Kier alpha value is -3.97. The summed E-state index contributed by atoms with van der Waals surface area (Å²) in [5, 5.41) is 9.54. The zero-order valence-electron chi connectivity index (χ0n) is 23.0. The van der Waals surface area contributed by atoms with Crippen molar-refractivity contribution in [3.05, 3.63) is 65.7 Å². The number of halogens is 3. The lowest BCUT2D eigenvalue weighted by Gasteiger charge is -2.34. The SMILES string of the molecule is N#CC1(CC(=O)[C@@H]2CC(F)(F)CC[C@H]2c2oc(-c3ccc(F)cc3)nc2-c2ccc(C(=O)N3CCOCC3)cc2)CC1. The summed E-state index contributed by atoms with van der Waals surface area (Å²) in [7, 11) is 0. The molecule has 6 rings (SSSR count). The molecule has 1 aromatic heterocycles. The van der Waals surface area contributed by atoms with E-state index < -0.39 is 41.8 Å². The van der Waals surface area contributed by atoms with E-state index in [-0.39, 0.29) is 30.4 Å². The number of alkyl halides is 2. The van der Waals surface area contributed by atoms with Gasteiger partial charge in [0.25, 0.3) is 5.91 Å². The molecular weight excluding hydrogens is 547 g/mol. The lowest BCUT2D eigenvalue weighted by molar-refractivity contribution is -0.132. The Morgan fingerprint density at radius 1 is 1.00 bits per heavy atom. The lowest BCUT2D eigenvalue weighted by Crippen LogP contribution is -2.40. The van der Waals surface area contributed by atoms with Crippen LogP contribution in [0.2, 0.25) is 0 Å². The van der Waals surface area contributed by atoms with Crippen molar-refractivity contribution in [2.24, 2.45) is 11.3 Å². The van der Waals surface area contributed by atoms with Crippen LogP contribution in [0.5, 0.6) is 0 Å². The molecule has 10 heteroatoms. The van der Waals surface area contributed by atoms with Crippen LogP contribution in [0.1, 0.15) is 60.6 Å². The predicted molar refractivity (Wildman–Crippen MR) is 146 cm³/mol. The molecule has 0 unspecified atom stereocenters. The molecule has 2 aromatic carbocycles. The summed E-state index contributed by atoms with van der Waals surface area (Å²) in [6, 6.07) is 14.6. The number of carbonyl (C=O) groups is 2. The highest BCUT2D eigenvalue weighted by atomic mass is 19.3. The number of hydrogen-bond donors (Lipinski definition) is 0. The minimum absolute atomic E-state index is 0.00160. The maximum absolute atomic E-state index is 14.7. The van der Waals surface area contributed by atoms with Crippen molar-refractivity contribution in [1.29, 1.82) is 5.26 Å². The highest BCUT2D eigenvalue weighted by Gasteiger charge is 2.51. The van der Waals surface area contributed by atoms with Gasteiger partial charge in [-0.25, -0.2) is 18.2 Å². The summed E-state index contributed by atoms with van der Waals surface area (Å²) in [4.78, 5) is 32.9. The molecular formula is C32H30F3N3O4. The van der Waals surface area contributed by atoms with Crippen molar-refractivity contribution in [2.75, 3.05) is 26.3 Å². The fourth-order valence-corrected chi connectivity index (χ4v) is 5.96. The van der Waals surface area contributed by atoms with Gasteiger partial charge in [0.1, 0.15) is 23.1 Å². The van der Waals surface area contributed by atoms with Crippen LogP contribution >= 0.6 is 0 Å². The van der Waals surface area contributed by atoms with Crippen LogP contribution in [-0.4, -0.2) is 53.8 Å². The van der Waals surface area contributed by atoms with Gasteiger partial charge in [-0.2, -0.15) is 5.26 Å². The Morgan fingerprint density at radius 3 is 2.31 bits per heavy atom. The standard InChI is InChI=1S/C32H30F3N3O4/c33-23-7-5-21(6-8-23)29-37-27(20-1-3-22(4-2-20)30(40)38-13-15-41-16-14-38)28(42-29)24-9-10-32(34,35)17-25(24)26(39)18-31(19-36)11-12-31/h1-8,24-25H,9-18H2/t24-,25-/m1/s1. The van der Waals surface area contributed by atoms with Crippen LogP contribution in [-0.2, 0) is 9.53 Å². The molecule has 3 fully saturated rings. The topological polar surface area (TPSA) is 96.4 Å². The number of aromatic nitrogens is 1. The van der Waals surface area contributed by atoms with Crippen molar-refractivity contribution in [1.82, 2.24) is 9.88 Å². The number of Topliss-reactive ketones (excluding diaryl/α,β-unsaturated/α-hetero) is 1. The zero-order valence-corrected chi connectivity index (χ0v) is 23.0. The van der Waals surface area contributed by atoms with E-state index in [0.29, 0.717) is 67.3 Å². The molecule has 0 radical (unpaired) electrons. The summed E-state index contributed by atoms with van der Waals surface area (Å²) in [5.74, 6) is -5.18. The van der Waals surface area contributed by atoms with Crippen molar-refractivity contribution < 1.29 is 31.9 Å². The molecule has 0 N–H and O–H groups in total. The summed E-state index contributed by atoms with van der Waals surface area (Å²) in [6.07, 6.45) is 0.0670. The molecule has 2 aliphatic carbocycles. The van der Waals surface area contributed by atoms with Gasteiger partial charge in [0, 0.05) is 60.9 Å². The number of morpholine rings is 1. The van der Waals surface area contributed by atoms with E-state index in [1.54, 1.807) is 29.2 Å². The molecule has 1 aliphatic heterocycles. The van der Waals surface area contributed by atoms with E-state index in [1.807, 2.05) is 0 Å². The number of nitriles is 1. The maximum Gasteiger partial charge on any atom is 0.254 e. The summed E-state index contributed by atoms with van der Waals surface area (Å²) in [6.45, 7) is 1.97. The molecule has 0 bridgehead atoms. The quantitative estimate of drug-likeness (QED) is 0.322. The van der Waals surface area contributed by atoms with Gasteiger partial charge in [0.05, 0.1) is 24.7 Å². The molecule has 2 heterocycles. The molecule has 1 amide bonds. The van der Waals surface area contributed by atoms with Gasteiger partial charge >= 0.3 is 0 Å². The second-order valence-electron chi connectivity index (χ2n) is 11.6. The number of nitrogens with zero attached hydrogens (tertiary/aromatic N) is 3. The van der Waals surface area contributed by atoms with Crippen LogP contribution in [0.3, 0.4) is 0 Å². The van der Waals surface area contributed by atoms with Gasteiger partial charge in [-0.1, -0.05) is 12.1 Å². The molecule has 3 aliphatic rings. The Bertz CT molecular complexity index is 1520. The van der Waals surface area contributed by atoms with E-state index >= 15 is 0 Å². The lowest BCUT2D eigenvalue weighted by atomic mass is 9.71. The second kappa shape index (κ2) is 11.0. The van der Waals surface area contributed by atoms with Crippen molar-refractivity contribution in [2.45, 2.75) is 50.4 Å². The Kier molecular flexibility index (Phi) is 7.39. The van der Waals surface area contributed by atoms with E-state index in [4.69, 9.17) is 14.1 Å². The average Bonchev–Trinajstić information content (AvgIpc) is 3.64.